The maximum atomic E-state index is 3.46. The summed E-state index contributed by atoms with van der Waals surface area (Å²) in [4.78, 5) is 0. The Hall–Kier alpha value is -1.96. The molecule has 0 radical (unpaired) electrons. The Balaban J connectivity index is 1.40. The fraction of sp³-hybridized carbons (Fsp3) is 0.368. The molecule has 2 rings (SSSR count). The van der Waals surface area contributed by atoms with Crippen LogP contribution in [-0.2, 0) is 0 Å². The van der Waals surface area contributed by atoms with Gasteiger partial charge in [-0.15, -0.1) is 0 Å². The van der Waals surface area contributed by atoms with Crippen molar-refractivity contribution >= 4 is 11.4 Å². The van der Waals surface area contributed by atoms with Gasteiger partial charge in [-0.05, 0) is 37.1 Å². The van der Waals surface area contributed by atoms with E-state index < -0.39 is 0 Å². The highest BCUT2D eigenvalue weighted by molar-refractivity contribution is 5.42. The summed E-state index contributed by atoms with van der Waals surface area (Å²) in [6, 6.07) is 20.9. The Morgan fingerprint density at radius 3 is 1.29 bits per heavy atom. The van der Waals surface area contributed by atoms with Crippen LogP contribution in [-0.4, -0.2) is 13.1 Å². The van der Waals surface area contributed by atoms with Crippen LogP contribution in [0.15, 0.2) is 60.7 Å². The Kier molecular flexibility index (Phi) is 7.25. The van der Waals surface area contributed by atoms with E-state index in [0.717, 1.165) is 13.1 Å². The standard InChI is InChI=1S/C19H26N2/c1(2-10-16-20-18-12-6-4-7-13-18)3-11-17-21-19-14-8-5-9-15-19/h4-9,12-15,20-21H,1-3,10-11,16-17H2. The number of unbranched alkanes of at least 4 members (excludes halogenated alkanes) is 4. The van der Waals surface area contributed by atoms with Crippen molar-refractivity contribution in [3.63, 3.8) is 0 Å². The molecule has 0 aliphatic heterocycles. The first kappa shape index (κ1) is 15.4. The van der Waals surface area contributed by atoms with Crippen LogP contribution in [0.2, 0.25) is 0 Å². The molecule has 0 aromatic heterocycles. The van der Waals surface area contributed by atoms with Gasteiger partial charge < -0.3 is 10.6 Å². The SMILES string of the molecule is c1ccc(NCCCCCCCNc2ccccc2)cc1. The van der Waals surface area contributed by atoms with Gasteiger partial charge >= 0.3 is 0 Å². The summed E-state index contributed by atoms with van der Waals surface area (Å²) >= 11 is 0. The largest absolute Gasteiger partial charge is 0.385 e. The molecule has 21 heavy (non-hydrogen) atoms. The zero-order valence-electron chi connectivity index (χ0n) is 12.7. The predicted octanol–water partition coefficient (Wildman–Crippen LogP) is 5.16. The van der Waals surface area contributed by atoms with Crippen LogP contribution in [0.5, 0.6) is 0 Å². The van der Waals surface area contributed by atoms with Crippen molar-refractivity contribution in [3.8, 4) is 0 Å². The second kappa shape index (κ2) is 9.87. The summed E-state index contributed by atoms with van der Waals surface area (Å²) in [5, 5.41) is 6.91. The van der Waals surface area contributed by atoms with Crippen LogP contribution in [0.25, 0.3) is 0 Å². The average molecular weight is 282 g/mol. The van der Waals surface area contributed by atoms with E-state index in [1.807, 2.05) is 0 Å². The van der Waals surface area contributed by atoms with Crippen LogP contribution >= 0.6 is 0 Å². The minimum absolute atomic E-state index is 1.08. The normalized spacial score (nSPS) is 10.3. The zero-order chi connectivity index (χ0) is 14.6. The maximum absolute atomic E-state index is 3.46. The van der Waals surface area contributed by atoms with Crippen LogP contribution < -0.4 is 10.6 Å². The Bertz CT molecular complexity index is 422. The number of benzene rings is 2. The van der Waals surface area contributed by atoms with Gasteiger partial charge in [-0.25, -0.2) is 0 Å². The van der Waals surface area contributed by atoms with Crippen molar-refractivity contribution in [2.24, 2.45) is 0 Å². The maximum Gasteiger partial charge on any atom is 0.0340 e. The van der Waals surface area contributed by atoms with Crippen LogP contribution in [0, 0.1) is 0 Å². The molecule has 0 saturated heterocycles. The predicted molar refractivity (Wildman–Crippen MR) is 92.9 cm³/mol. The number of nitrogens with one attached hydrogen (secondary N) is 2. The van der Waals surface area contributed by atoms with Crippen molar-refractivity contribution in [2.45, 2.75) is 32.1 Å². The van der Waals surface area contributed by atoms with E-state index in [-0.39, 0.29) is 0 Å². The van der Waals surface area contributed by atoms with Crippen molar-refractivity contribution in [1.29, 1.82) is 0 Å². The molecular formula is C19H26N2. The molecule has 2 aromatic rings. The Morgan fingerprint density at radius 1 is 0.476 bits per heavy atom. The minimum atomic E-state index is 1.08. The molecule has 0 heterocycles. The molecule has 0 aliphatic carbocycles. The van der Waals surface area contributed by atoms with E-state index >= 15 is 0 Å². The van der Waals surface area contributed by atoms with Crippen molar-refractivity contribution in [2.75, 3.05) is 23.7 Å². The molecule has 0 spiro atoms. The number of rotatable bonds is 10. The molecule has 0 saturated carbocycles. The number of anilines is 2. The van der Waals surface area contributed by atoms with Gasteiger partial charge in [-0.1, -0.05) is 55.7 Å². The summed E-state index contributed by atoms with van der Waals surface area (Å²) in [6.07, 6.45) is 6.45. The van der Waals surface area contributed by atoms with Gasteiger partial charge in [-0.3, -0.25) is 0 Å². The van der Waals surface area contributed by atoms with E-state index in [0.29, 0.717) is 0 Å². The second-order valence-corrected chi connectivity index (χ2v) is 5.35. The number of hydrogen-bond donors (Lipinski definition) is 2. The number of hydrogen-bond acceptors (Lipinski definition) is 2. The van der Waals surface area contributed by atoms with E-state index in [1.54, 1.807) is 0 Å². The highest BCUT2D eigenvalue weighted by atomic mass is 14.9. The molecule has 0 amide bonds. The smallest absolute Gasteiger partial charge is 0.0340 e. The lowest BCUT2D eigenvalue weighted by molar-refractivity contribution is 0.635. The fourth-order valence-electron chi connectivity index (χ4n) is 2.36. The van der Waals surface area contributed by atoms with Crippen LogP contribution in [0.1, 0.15) is 32.1 Å². The molecule has 112 valence electrons. The minimum Gasteiger partial charge on any atom is -0.385 e. The highest BCUT2D eigenvalue weighted by Gasteiger charge is 1.93. The van der Waals surface area contributed by atoms with Crippen molar-refractivity contribution < 1.29 is 0 Å². The molecule has 0 bridgehead atoms. The topological polar surface area (TPSA) is 24.1 Å². The lowest BCUT2D eigenvalue weighted by Gasteiger charge is -2.07. The Labute approximate surface area is 128 Å². The Morgan fingerprint density at radius 2 is 0.857 bits per heavy atom. The monoisotopic (exact) mass is 282 g/mol. The molecule has 0 unspecified atom stereocenters. The van der Waals surface area contributed by atoms with Gasteiger partial charge in [0.25, 0.3) is 0 Å². The molecule has 2 nitrogen and oxygen atoms in total. The number of para-hydroxylation sites is 2. The van der Waals surface area contributed by atoms with Crippen molar-refractivity contribution in [3.05, 3.63) is 60.7 Å². The fourth-order valence-corrected chi connectivity index (χ4v) is 2.36. The summed E-state index contributed by atoms with van der Waals surface area (Å²) in [5.74, 6) is 0. The first-order valence-corrected chi connectivity index (χ1v) is 8.03. The van der Waals surface area contributed by atoms with Gasteiger partial charge in [0, 0.05) is 24.5 Å². The van der Waals surface area contributed by atoms with Gasteiger partial charge in [0.1, 0.15) is 0 Å². The molecule has 0 aliphatic rings. The summed E-state index contributed by atoms with van der Waals surface area (Å²) in [7, 11) is 0. The van der Waals surface area contributed by atoms with E-state index in [9.17, 15) is 0 Å². The molecule has 0 fully saturated rings. The molecule has 2 N–H and O–H groups in total. The van der Waals surface area contributed by atoms with E-state index in [4.69, 9.17) is 0 Å². The quantitative estimate of drug-likeness (QED) is 0.588. The van der Waals surface area contributed by atoms with Crippen LogP contribution in [0.4, 0.5) is 11.4 Å². The van der Waals surface area contributed by atoms with Gasteiger partial charge in [0.05, 0.1) is 0 Å². The third kappa shape index (κ3) is 6.84. The van der Waals surface area contributed by atoms with Crippen LogP contribution in [0.3, 0.4) is 0 Å². The van der Waals surface area contributed by atoms with Gasteiger partial charge in [0.15, 0.2) is 0 Å². The zero-order valence-corrected chi connectivity index (χ0v) is 12.7. The van der Waals surface area contributed by atoms with E-state index in [2.05, 4.69) is 71.3 Å². The third-order valence-electron chi connectivity index (χ3n) is 3.56. The molecule has 2 heteroatoms. The average Bonchev–Trinajstić information content (AvgIpc) is 2.55. The lowest BCUT2D eigenvalue weighted by atomic mass is 10.1. The summed E-state index contributed by atoms with van der Waals surface area (Å²) in [5.41, 5.74) is 2.45. The summed E-state index contributed by atoms with van der Waals surface area (Å²) < 4.78 is 0. The first-order chi connectivity index (χ1) is 10.4. The second-order valence-electron chi connectivity index (χ2n) is 5.35. The lowest BCUT2D eigenvalue weighted by Crippen LogP contribution is -2.02. The van der Waals surface area contributed by atoms with Gasteiger partial charge in [-0.2, -0.15) is 0 Å². The molecule has 0 atom stereocenters. The highest BCUT2D eigenvalue weighted by Crippen LogP contribution is 2.08. The van der Waals surface area contributed by atoms with Crippen molar-refractivity contribution in [1.82, 2.24) is 0 Å². The van der Waals surface area contributed by atoms with E-state index in [1.165, 1.54) is 43.5 Å². The molecule has 2 aromatic carbocycles. The third-order valence-corrected chi connectivity index (χ3v) is 3.56. The first-order valence-electron chi connectivity index (χ1n) is 8.03. The van der Waals surface area contributed by atoms with Gasteiger partial charge in [0.2, 0.25) is 0 Å². The summed E-state index contributed by atoms with van der Waals surface area (Å²) in [6.45, 7) is 2.15. The molecular weight excluding hydrogens is 256 g/mol.